The Balaban J connectivity index is 5.20. The van der Waals surface area contributed by atoms with E-state index in [0.29, 0.717) is 19.4 Å². The molecule has 0 aromatic heterocycles. The van der Waals surface area contributed by atoms with Crippen LogP contribution in [0.4, 0.5) is 0 Å². The second-order valence-corrected chi connectivity index (χ2v) is 7.72. The Morgan fingerprint density at radius 1 is 0.871 bits per heavy atom. The first-order valence-electron chi connectivity index (χ1n) is 9.86. The highest BCUT2D eigenvalue weighted by Gasteiger charge is 2.31. The first-order valence-corrected chi connectivity index (χ1v) is 10.5. The third-order valence-electron chi connectivity index (χ3n) is 4.41. The van der Waals surface area contributed by atoms with Gasteiger partial charge < -0.3 is 37.6 Å². The fourth-order valence-electron chi connectivity index (χ4n) is 2.44. The first kappa shape index (κ1) is 28.6. The maximum Gasteiger partial charge on any atom is 0.326 e. The molecule has 0 heterocycles. The number of rotatable bonds is 15. The van der Waals surface area contributed by atoms with Crippen LogP contribution in [0.15, 0.2) is 0 Å². The van der Waals surface area contributed by atoms with E-state index in [1.807, 2.05) is 0 Å². The van der Waals surface area contributed by atoms with Crippen molar-refractivity contribution < 1.29 is 34.2 Å². The Hall–Kier alpha value is -2.38. The number of carboxylic acid groups (broad SMARTS) is 2. The predicted molar refractivity (Wildman–Crippen MR) is 115 cm³/mol. The zero-order valence-corrected chi connectivity index (χ0v) is 18.6. The van der Waals surface area contributed by atoms with E-state index in [1.54, 1.807) is 13.8 Å². The molecule has 0 radical (unpaired) electrons. The minimum Gasteiger partial charge on any atom is -0.481 e. The molecule has 0 saturated carbocycles. The Kier molecular flexibility index (Phi) is 13.5. The molecule has 0 aliphatic carbocycles. The van der Waals surface area contributed by atoms with Gasteiger partial charge in [0, 0.05) is 5.75 Å². The van der Waals surface area contributed by atoms with E-state index in [-0.39, 0.29) is 18.1 Å². The fraction of sp³-hybridized carbons (Fsp3) is 0.722. The zero-order valence-electron chi connectivity index (χ0n) is 17.7. The third kappa shape index (κ3) is 11.0. The van der Waals surface area contributed by atoms with Gasteiger partial charge in [0.25, 0.3) is 0 Å². The number of thiol groups is 1. The number of aliphatic carboxylic acids is 2. The zero-order chi connectivity index (χ0) is 24.1. The number of carboxylic acids is 2. The van der Waals surface area contributed by atoms with Crippen LogP contribution in [0, 0.1) is 5.92 Å². The summed E-state index contributed by atoms with van der Waals surface area (Å²) >= 11 is 3.99. The van der Waals surface area contributed by atoms with Gasteiger partial charge in [-0.2, -0.15) is 12.6 Å². The number of hydrogen-bond acceptors (Lipinski definition) is 8. The molecule has 0 saturated heterocycles. The van der Waals surface area contributed by atoms with Crippen LogP contribution in [0.1, 0.15) is 39.5 Å². The highest BCUT2D eigenvalue weighted by Crippen LogP contribution is 2.04. The van der Waals surface area contributed by atoms with E-state index in [0.717, 1.165) is 0 Å². The van der Waals surface area contributed by atoms with E-state index < -0.39 is 60.2 Å². The van der Waals surface area contributed by atoms with E-state index >= 15 is 0 Å². The van der Waals surface area contributed by atoms with Crippen LogP contribution in [-0.2, 0) is 24.0 Å². The summed E-state index contributed by atoms with van der Waals surface area (Å²) in [5.74, 6) is -5.49. The average Bonchev–Trinajstić information content (AvgIpc) is 2.69. The minimum absolute atomic E-state index is 0.149. The molecular weight excluding hydrogens is 430 g/mol. The summed E-state index contributed by atoms with van der Waals surface area (Å²) in [5.41, 5.74) is 11.1. The average molecular weight is 464 g/mol. The third-order valence-corrected chi connectivity index (χ3v) is 4.77. The lowest BCUT2D eigenvalue weighted by Crippen LogP contribution is -2.58. The molecule has 0 aliphatic rings. The number of carbonyl (C=O) groups is 5. The predicted octanol–water partition coefficient (Wildman–Crippen LogP) is -1.96. The van der Waals surface area contributed by atoms with E-state index in [9.17, 15) is 29.1 Å². The summed E-state index contributed by atoms with van der Waals surface area (Å²) in [5, 5.41) is 25.2. The number of amides is 3. The van der Waals surface area contributed by atoms with E-state index in [4.69, 9.17) is 16.6 Å². The molecule has 13 heteroatoms. The molecule has 4 unspecified atom stereocenters. The van der Waals surface area contributed by atoms with E-state index in [1.165, 1.54) is 0 Å². The summed E-state index contributed by atoms with van der Waals surface area (Å²) in [6.07, 6.45) is 0.479. The molecule has 9 N–H and O–H groups in total. The molecule has 0 bridgehead atoms. The van der Waals surface area contributed by atoms with Crippen molar-refractivity contribution in [3.63, 3.8) is 0 Å². The van der Waals surface area contributed by atoms with Crippen LogP contribution in [0.2, 0.25) is 0 Å². The molecule has 0 aromatic rings. The largest absolute Gasteiger partial charge is 0.481 e. The quantitative estimate of drug-likeness (QED) is 0.0998. The van der Waals surface area contributed by atoms with Crippen LogP contribution in [0.25, 0.3) is 0 Å². The Bertz CT molecular complexity index is 647. The topological polar surface area (TPSA) is 214 Å². The molecule has 12 nitrogen and oxygen atoms in total. The lowest BCUT2D eigenvalue weighted by Gasteiger charge is -2.24. The van der Waals surface area contributed by atoms with Gasteiger partial charge in [-0.1, -0.05) is 13.8 Å². The summed E-state index contributed by atoms with van der Waals surface area (Å²) in [4.78, 5) is 59.6. The van der Waals surface area contributed by atoms with Gasteiger partial charge in [-0.25, -0.2) is 4.79 Å². The van der Waals surface area contributed by atoms with Gasteiger partial charge in [0.2, 0.25) is 17.7 Å². The Labute approximate surface area is 186 Å². The summed E-state index contributed by atoms with van der Waals surface area (Å²) in [6, 6.07) is -4.88. The van der Waals surface area contributed by atoms with Crippen LogP contribution < -0.4 is 27.4 Å². The molecule has 0 aliphatic heterocycles. The lowest BCUT2D eigenvalue weighted by atomic mass is 10.0. The van der Waals surface area contributed by atoms with Gasteiger partial charge in [0.1, 0.15) is 18.1 Å². The standard InChI is InChI=1S/C18H33N5O7S/c1-9(2)14(20)17(28)22-11(7-13(24)25)15(26)23-12(8-31)16(27)21-10(18(29)30)5-3-4-6-19/h9-12,14,31H,3-8,19-20H2,1-2H3,(H,21,27)(H,22,28)(H,23,26)(H,24,25)(H,29,30). The number of carbonyl (C=O) groups excluding carboxylic acids is 3. The molecule has 3 amide bonds. The number of unbranched alkanes of at least 4 members (excludes halogenated alkanes) is 1. The second kappa shape index (κ2) is 14.6. The van der Waals surface area contributed by atoms with Gasteiger partial charge in [0.05, 0.1) is 12.5 Å². The smallest absolute Gasteiger partial charge is 0.326 e. The van der Waals surface area contributed by atoms with Crippen LogP contribution in [-0.4, -0.2) is 76.3 Å². The first-order chi connectivity index (χ1) is 14.4. The maximum atomic E-state index is 12.5. The van der Waals surface area contributed by atoms with E-state index in [2.05, 4.69) is 28.6 Å². The van der Waals surface area contributed by atoms with Crippen molar-refractivity contribution in [3.8, 4) is 0 Å². The molecule has 178 valence electrons. The fourth-order valence-corrected chi connectivity index (χ4v) is 2.70. The summed E-state index contributed by atoms with van der Waals surface area (Å²) in [7, 11) is 0. The molecule has 0 spiro atoms. The van der Waals surface area contributed by atoms with Crippen LogP contribution in [0.5, 0.6) is 0 Å². The minimum atomic E-state index is -1.48. The van der Waals surface area contributed by atoms with Crippen molar-refractivity contribution in [2.75, 3.05) is 12.3 Å². The van der Waals surface area contributed by atoms with Gasteiger partial charge >= 0.3 is 11.9 Å². The molecular formula is C18H33N5O7S. The number of nitrogens with two attached hydrogens (primary N) is 2. The molecule has 0 fully saturated rings. The van der Waals surface area contributed by atoms with Crippen LogP contribution in [0.3, 0.4) is 0 Å². The molecule has 31 heavy (non-hydrogen) atoms. The van der Waals surface area contributed by atoms with Crippen LogP contribution >= 0.6 is 12.6 Å². The Morgan fingerprint density at radius 2 is 1.39 bits per heavy atom. The van der Waals surface area contributed by atoms with Gasteiger partial charge in [-0.3, -0.25) is 19.2 Å². The normalized spacial score (nSPS) is 14.8. The van der Waals surface area contributed by atoms with Gasteiger partial charge in [0.15, 0.2) is 0 Å². The van der Waals surface area contributed by atoms with Crippen molar-refractivity contribution >= 4 is 42.3 Å². The highest BCUT2D eigenvalue weighted by molar-refractivity contribution is 7.80. The SMILES string of the molecule is CC(C)C(N)C(=O)NC(CC(=O)O)C(=O)NC(CS)C(=O)NC(CCCCN)C(=O)O. The van der Waals surface area contributed by atoms with Crippen molar-refractivity contribution in [3.05, 3.63) is 0 Å². The monoisotopic (exact) mass is 463 g/mol. The molecule has 4 atom stereocenters. The molecule has 0 aromatic carbocycles. The Morgan fingerprint density at radius 3 is 1.84 bits per heavy atom. The van der Waals surface area contributed by atoms with Gasteiger partial charge in [-0.15, -0.1) is 0 Å². The highest BCUT2D eigenvalue weighted by atomic mass is 32.1. The van der Waals surface area contributed by atoms with Crippen molar-refractivity contribution in [2.45, 2.75) is 63.7 Å². The number of nitrogens with one attached hydrogen (secondary N) is 3. The summed E-state index contributed by atoms with van der Waals surface area (Å²) in [6.45, 7) is 3.75. The maximum absolute atomic E-state index is 12.5. The van der Waals surface area contributed by atoms with Gasteiger partial charge in [-0.05, 0) is 31.7 Å². The lowest BCUT2D eigenvalue weighted by molar-refractivity contribution is -0.143. The van der Waals surface area contributed by atoms with Crippen molar-refractivity contribution in [2.24, 2.45) is 17.4 Å². The second-order valence-electron chi connectivity index (χ2n) is 7.36. The van der Waals surface area contributed by atoms with Crippen molar-refractivity contribution in [1.29, 1.82) is 0 Å². The van der Waals surface area contributed by atoms with Crippen molar-refractivity contribution in [1.82, 2.24) is 16.0 Å². The summed E-state index contributed by atoms with van der Waals surface area (Å²) < 4.78 is 0. The number of hydrogen-bond donors (Lipinski definition) is 8. The molecule has 0 rings (SSSR count).